The van der Waals surface area contributed by atoms with Crippen molar-refractivity contribution in [2.75, 3.05) is 5.32 Å². The number of nitrogens with one attached hydrogen (secondary N) is 1. The average molecular weight is 239 g/mol. The molecule has 1 aliphatic rings. The predicted octanol–water partition coefficient (Wildman–Crippen LogP) is 4.83. The zero-order valence-electron chi connectivity index (χ0n) is 10.9. The Kier molecular flexibility index (Phi) is 2.34. The van der Waals surface area contributed by atoms with Gasteiger partial charge in [0.05, 0.1) is 11.4 Å². The minimum atomic E-state index is 0.0913. The van der Waals surface area contributed by atoms with Crippen LogP contribution in [0.5, 0.6) is 11.5 Å². The minimum Gasteiger partial charge on any atom is -0.453 e. The van der Waals surface area contributed by atoms with E-state index in [1.807, 2.05) is 30.3 Å². The van der Waals surface area contributed by atoms with Crippen molar-refractivity contribution in [2.45, 2.75) is 26.2 Å². The van der Waals surface area contributed by atoms with E-state index in [1.54, 1.807) is 0 Å². The highest BCUT2D eigenvalue weighted by atomic mass is 16.5. The number of benzene rings is 2. The monoisotopic (exact) mass is 239 g/mol. The van der Waals surface area contributed by atoms with Crippen LogP contribution in [0.1, 0.15) is 26.3 Å². The van der Waals surface area contributed by atoms with Gasteiger partial charge in [-0.2, -0.15) is 0 Å². The molecule has 0 radical (unpaired) electrons. The molecule has 0 aliphatic carbocycles. The Morgan fingerprint density at radius 2 is 1.61 bits per heavy atom. The fourth-order valence-electron chi connectivity index (χ4n) is 2.28. The third-order valence-electron chi connectivity index (χ3n) is 3.20. The summed E-state index contributed by atoms with van der Waals surface area (Å²) >= 11 is 0. The van der Waals surface area contributed by atoms with E-state index in [9.17, 15) is 0 Å². The first-order valence-corrected chi connectivity index (χ1v) is 6.23. The topological polar surface area (TPSA) is 21.3 Å². The van der Waals surface area contributed by atoms with Gasteiger partial charge in [0.1, 0.15) is 0 Å². The minimum absolute atomic E-state index is 0.0913. The van der Waals surface area contributed by atoms with Crippen LogP contribution in [0, 0.1) is 0 Å². The van der Waals surface area contributed by atoms with Gasteiger partial charge in [0.15, 0.2) is 11.5 Å². The molecule has 2 nitrogen and oxygen atoms in total. The largest absolute Gasteiger partial charge is 0.453 e. The zero-order chi connectivity index (χ0) is 12.8. The molecule has 0 aromatic heterocycles. The van der Waals surface area contributed by atoms with E-state index in [4.69, 9.17) is 4.74 Å². The highest BCUT2D eigenvalue weighted by Crippen LogP contribution is 2.45. The molecular weight excluding hydrogens is 222 g/mol. The lowest BCUT2D eigenvalue weighted by molar-refractivity contribution is 0.477. The van der Waals surface area contributed by atoms with Gasteiger partial charge in [-0.3, -0.25) is 0 Å². The number of fused-ring (bicyclic) bond motifs is 2. The van der Waals surface area contributed by atoms with Gasteiger partial charge in [0.2, 0.25) is 0 Å². The Morgan fingerprint density at radius 3 is 2.39 bits per heavy atom. The van der Waals surface area contributed by atoms with Gasteiger partial charge in [0.25, 0.3) is 0 Å². The van der Waals surface area contributed by atoms with Crippen LogP contribution in [0.25, 0.3) is 0 Å². The average Bonchev–Trinajstić information content (AvgIpc) is 2.34. The number of para-hydroxylation sites is 3. The van der Waals surface area contributed by atoms with E-state index in [-0.39, 0.29) is 5.41 Å². The Bertz CT molecular complexity index is 596. The summed E-state index contributed by atoms with van der Waals surface area (Å²) in [4.78, 5) is 0. The summed E-state index contributed by atoms with van der Waals surface area (Å²) in [7, 11) is 0. The van der Waals surface area contributed by atoms with Crippen molar-refractivity contribution in [1.82, 2.24) is 0 Å². The molecule has 0 bridgehead atoms. The Morgan fingerprint density at radius 1 is 0.889 bits per heavy atom. The van der Waals surface area contributed by atoms with Crippen molar-refractivity contribution < 1.29 is 4.74 Å². The van der Waals surface area contributed by atoms with Crippen molar-refractivity contribution in [3.63, 3.8) is 0 Å². The normalized spacial score (nSPS) is 13.1. The maximum absolute atomic E-state index is 5.95. The Balaban J connectivity index is 2.14. The number of hydrogen-bond donors (Lipinski definition) is 1. The first-order chi connectivity index (χ1) is 8.55. The first kappa shape index (κ1) is 11.1. The van der Waals surface area contributed by atoms with Crippen LogP contribution < -0.4 is 10.1 Å². The summed E-state index contributed by atoms with van der Waals surface area (Å²) in [5.74, 6) is 1.79. The van der Waals surface area contributed by atoms with Crippen LogP contribution in [0.3, 0.4) is 0 Å². The summed E-state index contributed by atoms with van der Waals surface area (Å²) in [5, 5.41) is 3.49. The van der Waals surface area contributed by atoms with Crippen LogP contribution in [0.4, 0.5) is 11.4 Å². The molecule has 0 saturated heterocycles. The van der Waals surface area contributed by atoms with E-state index in [0.29, 0.717) is 0 Å². The smallest absolute Gasteiger partial charge is 0.151 e. The molecule has 18 heavy (non-hydrogen) atoms. The van der Waals surface area contributed by atoms with E-state index < -0.39 is 0 Å². The van der Waals surface area contributed by atoms with Crippen molar-refractivity contribution in [3.05, 3.63) is 48.0 Å². The van der Waals surface area contributed by atoms with Crippen LogP contribution in [0.15, 0.2) is 42.5 Å². The number of anilines is 2. The maximum Gasteiger partial charge on any atom is 0.151 e. The molecule has 3 rings (SSSR count). The molecule has 2 heteroatoms. The molecule has 0 amide bonds. The van der Waals surface area contributed by atoms with Gasteiger partial charge < -0.3 is 10.1 Å². The van der Waals surface area contributed by atoms with Gasteiger partial charge in [-0.15, -0.1) is 0 Å². The molecule has 0 unspecified atom stereocenters. The lowest BCUT2D eigenvalue weighted by atomic mass is 9.85. The Hall–Kier alpha value is -1.96. The molecule has 0 spiro atoms. The number of rotatable bonds is 0. The van der Waals surface area contributed by atoms with Crippen LogP contribution >= 0.6 is 0 Å². The first-order valence-electron chi connectivity index (χ1n) is 6.23. The number of ether oxygens (including phenoxy) is 1. The molecule has 92 valence electrons. The van der Waals surface area contributed by atoms with Gasteiger partial charge in [-0.05, 0) is 29.2 Å². The van der Waals surface area contributed by atoms with E-state index in [0.717, 1.165) is 22.9 Å². The maximum atomic E-state index is 5.95. The summed E-state index contributed by atoms with van der Waals surface area (Å²) in [6, 6.07) is 14.2. The third kappa shape index (κ3) is 1.74. The lowest BCUT2D eigenvalue weighted by Crippen LogP contribution is -2.15. The summed E-state index contributed by atoms with van der Waals surface area (Å²) in [5.41, 5.74) is 3.48. The highest BCUT2D eigenvalue weighted by molar-refractivity contribution is 5.78. The molecule has 1 N–H and O–H groups in total. The predicted molar refractivity (Wildman–Crippen MR) is 74.9 cm³/mol. The fourth-order valence-corrected chi connectivity index (χ4v) is 2.28. The Labute approximate surface area is 108 Å². The molecule has 2 aromatic carbocycles. The molecule has 1 aliphatic heterocycles. The second-order valence-electron chi connectivity index (χ2n) is 5.65. The molecular formula is C16H17NO. The van der Waals surface area contributed by atoms with Gasteiger partial charge in [-0.25, -0.2) is 0 Å². The van der Waals surface area contributed by atoms with Crippen molar-refractivity contribution in [2.24, 2.45) is 0 Å². The second-order valence-corrected chi connectivity index (χ2v) is 5.65. The van der Waals surface area contributed by atoms with Gasteiger partial charge >= 0.3 is 0 Å². The van der Waals surface area contributed by atoms with Crippen molar-refractivity contribution >= 4 is 11.4 Å². The quantitative estimate of drug-likeness (QED) is 0.606. The molecule has 0 atom stereocenters. The highest BCUT2D eigenvalue weighted by Gasteiger charge is 2.24. The van der Waals surface area contributed by atoms with E-state index in [2.05, 4.69) is 38.2 Å². The molecule has 1 heterocycles. The van der Waals surface area contributed by atoms with Crippen LogP contribution in [-0.4, -0.2) is 0 Å². The van der Waals surface area contributed by atoms with Crippen molar-refractivity contribution in [1.29, 1.82) is 0 Å². The van der Waals surface area contributed by atoms with Gasteiger partial charge in [-0.1, -0.05) is 45.0 Å². The van der Waals surface area contributed by atoms with Crippen molar-refractivity contribution in [3.8, 4) is 11.5 Å². The zero-order valence-corrected chi connectivity index (χ0v) is 10.9. The summed E-state index contributed by atoms with van der Waals surface area (Å²) in [6.45, 7) is 6.64. The lowest BCUT2D eigenvalue weighted by Gasteiger charge is -2.29. The molecule has 0 fully saturated rings. The second kappa shape index (κ2) is 3.77. The summed E-state index contributed by atoms with van der Waals surface area (Å²) < 4.78 is 5.95. The van der Waals surface area contributed by atoms with E-state index in [1.165, 1.54) is 5.56 Å². The number of hydrogen-bond acceptors (Lipinski definition) is 2. The molecule has 2 aromatic rings. The summed E-state index contributed by atoms with van der Waals surface area (Å²) in [6.07, 6.45) is 0. The fraction of sp³-hybridized carbons (Fsp3) is 0.250. The van der Waals surface area contributed by atoms with E-state index >= 15 is 0 Å². The SMILES string of the molecule is CC(C)(C)c1cccc2c1Nc1ccccc1O2. The standard InChI is InChI=1S/C16H17NO/c1-16(2,3)11-7-6-10-14-15(11)17-12-8-4-5-9-13(12)18-14/h4-10,17H,1-3H3. The van der Waals surface area contributed by atoms with Crippen LogP contribution in [-0.2, 0) is 5.41 Å². The molecule has 0 saturated carbocycles. The third-order valence-corrected chi connectivity index (χ3v) is 3.20. The van der Waals surface area contributed by atoms with Crippen LogP contribution in [0.2, 0.25) is 0 Å². The van der Waals surface area contributed by atoms with Gasteiger partial charge in [0, 0.05) is 0 Å².